The quantitative estimate of drug-likeness (QED) is 0.546. The normalized spacial score (nSPS) is 42.8. The second-order valence-electron chi connectivity index (χ2n) is 13.2. The maximum Gasteiger partial charge on any atom is 0.338 e. The standard InChI is InChI=1S/C32H37FO7/c1-18-7-6-8-19(13-18)27(37)38-17-25(36)32-26(39-28(2,3)40-32)15-23-22-10-9-20-14-21(34)11-12-29(20,4)31(22,33)24(35)16-30(23,32)5/h6-8,11-14,22-24,26,35H,9-10,15-17H2,1-5H3/t22?,23-,24-,26+,29-,30-,31-,32+/m0/s1. The number of aryl methyl sites for hydroxylation is 1. The number of rotatable bonds is 4. The van der Waals surface area contributed by atoms with Crippen LogP contribution in [0.4, 0.5) is 4.39 Å². The van der Waals surface area contributed by atoms with Crippen molar-refractivity contribution in [2.45, 2.75) is 89.6 Å². The molecule has 4 aliphatic carbocycles. The van der Waals surface area contributed by atoms with Crippen LogP contribution >= 0.6 is 0 Å². The number of carbonyl (C=O) groups is 3. The number of aliphatic hydroxyl groups excluding tert-OH is 1. The van der Waals surface area contributed by atoms with Crippen molar-refractivity contribution in [3.63, 3.8) is 0 Å². The molecule has 8 atom stereocenters. The van der Waals surface area contributed by atoms with Gasteiger partial charge in [-0.2, -0.15) is 0 Å². The van der Waals surface area contributed by atoms with E-state index >= 15 is 4.39 Å². The Kier molecular flexibility index (Phi) is 5.95. The number of ether oxygens (including phenoxy) is 3. The lowest BCUT2D eigenvalue weighted by atomic mass is 9.44. The molecule has 7 nitrogen and oxygen atoms in total. The monoisotopic (exact) mass is 552 g/mol. The molecule has 1 N–H and O–H groups in total. The molecule has 1 unspecified atom stereocenters. The number of allylic oxidation sites excluding steroid dienone is 4. The zero-order valence-corrected chi connectivity index (χ0v) is 23.7. The third kappa shape index (κ3) is 3.48. The van der Waals surface area contributed by atoms with Gasteiger partial charge in [0.2, 0.25) is 5.78 Å². The van der Waals surface area contributed by atoms with Crippen LogP contribution in [-0.4, -0.2) is 58.5 Å². The lowest BCUT2D eigenvalue weighted by Crippen LogP contribution is -2.70. The van der Waals surface area contributed by atoms with Crippen LogP contribution in [0.1, 0.15) is 69.3 Å². The van der Waals surface area contributed by atoms with E-state index in [0.29, 0.717) is 30.4 Å². The molecule has 1 aromatic carbocycles. The Hall–Kier alpha value is -2.68. The summed E-state index contributed by atoms with van der Waals surface area (Å²) >= 11 is 0. The van der Waals surface area contributed by atoms with E-state index in [1.807, 2.05) is 19.9 Å². The highest BCUT2D eigenvalue weighted by molar-refractivity contribution is 6.01. The highest BCUT2D eigenvalue weighted by Gasteiger charge is 2.80. The third-order valence-corrected chi connectivity index (χ3v) is 10.6. The summed E-state index contributed by atoms with van der Waals surface area (Å²) < 4.78 is 35.8. The van der Waals surface area contributed by atoms with E-state index in [1.165, 1.54) is 12.2 Å². The Bertz CT molecular complexity index is 1360. The molecule has 0 radical (unpaired) electrons. The van der Waals surface area contributed by atoms with Gasteiger partial charge in [0.25, 0.3) is 0 Å². The Morgan fingerprint density at radius 3 is 2.65 bits per heavy atom. The molecule has 3 saturated carbocycles. The molecule has 5 aliphatic rings. The predicted molar refractivity (Wildman–Crippen MR) is 143 cm³/mol. The van der Waals surface area contributed by atoms with E-state index in [1.54, 1.807) is 45.0 Å². The summed E-state index contributed by atoms with van der Waals surface area (Å²) in [6.07, 6.45) is 3.68. The average Bonchev–Trinajstić information content (AvgIpc) is 3.29. The first kappa shape index (κ1) is 27.5. The van der Waals surface area contributed by atoms with Gasteiger partial charge in [0.15, 0.2) is 29.4 Å². The molecule has 0 spiro atoms. The summed E-state index contributed by atoms with van der Waals surface area (Å²) in [6, 6.07) is 6.93. The van der Waals surface area contributed by atoms with Crippen LogP contribution in [0.2, 0.25) is 0 Å². The maximum atomic E-state index is 17.5. The van der Waals surface area contributed by atoms with Crippen molar-refractivity contribution < 1.29 is 38.1 Å². The molecular weight excluding hydrogens is 515 g/mol. The number of aliphatic hydroxyl groups is 1. The van der Waals surface area contributed by atoms with Crippen LogP contribution in [0.25, 0.3) is 0 Å². The van der Waals surface area contributed by atoms with E-state index in [2.05, 4.69) is 0 Å². The first-order valence-electron chi connectivity index (χ1n) is 14.1. The van der Waals surface area contributed by atoms with Crippen molar-refractivity contribution in [3.05, 3.63) is 59.2 Å². The van der Waals surface area contributed by atoms with E-state index in [4.69, 9.17) is 14.2 Å². The predicted octanol–water partition coefficient (Wildman–Crippen LogP) is 4.59. The molecule has 1 aliphatic heterocycles. The summed E-state index contributed by atoms with van der Waals surface area (Å²) in [4.78, 5) is 39.1. The fraction of sp³-hybridized carbons (Fsp3) is 0.594. The van der Waals surface area contributed by atoms with Crippen LogP contribution in [0.5, 0.6) is 0 Å². The van der Waals surface area contributed by atoms with Crippen molar-refractivity contribution in [3.8, 4) is 0 Å². The van der Waals surface area contributed by atoms with Gasteiger partial charge < -0.3 is 19.3 Å². The van der Waals surface area contributed by atoms with Gasteiger partial charge in [-0.05, 0) is 83.6 Å². The number of carbonyl (C=O) groups excluding carboxylic acids is 3. The highest BCUT2D eigenvalue weighted by atomic mass is 19.1. The molecule has 6 rings (SSSR count). The number of hydrogen-bond donors (Lipinski definition) is 1. The van der Waals surface area contributed by atoms with Crippen molar-refractivity contribution in [1.82, 2.24) is 0 Å². The number of ketones is 2. The second kappa shape index (κ2) is 8.66. The van der Waals surface area contributed by atoms with Gasteiger partial charge in [-0.1, -0.05) is 36.3 Å². The zero-order chi connectivity index (χ0) is 28.9. The van der Waals surface area contributed by atoms with Crippen LogP contribution < -0.4 is 0 Å². The SMILES string of the molecule is Cc1cccc(C(=O)OCC(=O)[C@@]23OC(C)(C)O[C@@H]2C[C@H]2C4CCC5=CC(=O)C=C[C@]5(C)[C@@]4(F)[C@@H](O)C[C@@]23C)c1. The van der Waals surface area contributed by atoms with E-state index < -0.39 is 64.4 Å². The van der Waals surface area contributed by atoms with Crippen molar-refractivity contribution in [2.75, 3.05) is 6.61 Å². The number of fused-ring (bicyclic) bond motifs is 7. The molecule has 1 heterocycles. The van der Waals surface area contributed by atoms with Crippen LogP contribution in [-0.2, 0) is 23.8 Å². The molecule has 0 bridgehead atoms. The van der Waals surface area contributed by atoms with Gasteiger partial charge in [-0.25, -0.2) is 9.18 Å². The summed E-state index contributed by atoms with van der Waals surface area (Å²) in [5.74, 6) is -3.27. The first-order chi connectivity index (χ1) is 18.7. The summed E-state index contributed by atoms with van der Waals surface area (Å²) in [5.41, 5.74) is -3.74. The highest BCUT2D eigenvalue weighted by Crippen LogP contribution is 2.72. The van der Waals surface area contributed by atoms with E-state index in [9.17, 15) is 19.5 Å². The Morgan fingerprint density at radius 1 is 1.18 bits per heavy atom. The number of benzene rings is 1. The summed E-state index contributed by atoms with van der Waals surface area (Å²) in [7, 11) is 0. The van der Waals surface area contributed by atoms with Gasteiger partial charge in [-0.3, -0.25) is 9.59 Å². The van der Waals surface area contributed by atoms with Crippen LogP contribution in [0.3, 0.4) is 0 Å². The summed E-state index contributed by atoms with van der Waals surface area (Å²) in [5, 5.41) is 11.7. The Labute approximate surface area is 233 Å². The molecular formula is C32H37FO7. The first-order valence-corrected chi connectivity index (χ1v) is 14.1. The van der Waals surface area contributed by atoms with Gasteiger partial charge in [0, 0.05) is 16.7 Å². The molecule has 8 heteroatoms. The Balaban J connectivity index is 1.35. The zero-order valence-electron chi connectivity index (χ0n) is 23.7. The topological polar surface area (TPSA) is 99.1 Å². The molecule has 0 aromatic heterocycles. The molecule has 4 fully saturated rings. The molecule has 1 saturated heterocycles. The largest absolute Gasteiger partial charge is 0.454 e. The molecule has 0 amide bonds. The number of hydrogen-bond acceptors (Lipinski definition) is 7. The van der Waals surface area contributed by atoms with Crippen molar-refractivity contribution in [1.29, 1.82) is 0 Å². The van der Waals surface area contributed by atoms with Gasteiger partial charge in [0.05, 0.1) is 17.8 Å². The van der Waals surface area contributed by atoms with Crippen LogP contribution in [0, 0.1) is 29.6 Å². The number of alkyl halides is 1. The molecule has 214 valence electrons. The van der Waals surface area contributed by atoms with Crippen molar-refractivity contribution in [2.24, 2.45) is 22.7 Å². The smallest absolute Gasteiger partial charge is 0.338 e. The number of halogens is 1. The lowest BCUT2D eigenvalue weighted by molar-refractivity contribution is -0.246. The number of Topliss-reactive ketones (excluding diaryl/α,β-unsaturated/α-hetero) is 1. The van der Waals surface area contributed by atoms with Gasteiger partial charge in [0.1, 0.15) is 0 Å². The molecule has 1 aromatic rings. The average molecular weight is 553 g/mol. The second-order valence-corrected chi connectivity index (χ2v) is 13.2. The fourth-order valence-electron chi connectivity index (χ4n) is 8.90. The fourth-order valence-corrected chi connectivity index (χ4v) is 8.90. The van der Waals surface area contributed by atoms with Gasteiger partial charge >= 0.3 is 5.97 Å². The van der Waals surface area contributed by atoms with Crippen molar-refractivity contribution >= 4 is 17.5 Å². The number of esters is 1. The molecule has 40 heavy (non-hydrogen) atoms. The minimum atomic E-state index is -2.03. The maximum absolute atomic E-state index is 17.5. The van der Waals surface area contributed by atoms with E-state index in [0.717, 1.165) is 5.56 Å². The minimum Gasteiger partial charge on any atom is -0.454 e. The Morgan fingerprint density at radius 2 is 1.93 bits per heavy atom. The lowest BCUT2D eigenvalue weighted by Gasteiger charge is -2.62. The summed E-state index contributed by atoms with van der Waals surface area (Å²) in [6.45, 7) is 8.46. The minimum absolute atomic E-state index is 0.0389. The van der Waals surface area contributed by atoms with Crippen LogP contribution in [0.15, 0.2) is 48.1 Å². The van der Waals surface area contributed by atoms with Gasteiger partial charge in [-0.15, -0.1) is 0 Å². The third-order valence-electron chi connectivity index (χ3n) is 10.6. The van der Waals surface area contributed by atoms with E-state index in [-0.39, 0.29) is 18.1 Å².